The van der Waals surface area contributed by atoms with E-state index in [2.05, 4.69) is 36.3 Å². The minimum Gasteiger partial charge on any atom is -0.370 e. The summed E-state index contributed by atoms with van der Waals surface area (Å²) in [7, 11) is 0. The lowest BCUT2D eigenvalue weighted by atomic mass is 10.0. The van der Waals surface area contributed by atoms with Crippen LogP contribution >= 0.6 is 0 Å². The minimum atomic E-state index is 0.544. The van der Waals surface area contributed by atoms with Crippen LogP contribution in [0.5, 0.6) is 0 Å². The smallest absolute Gasteiger partial charge is 0.126 e. The fourth-order valence-electron chi connectivity index (χ4n) is 2.33. The number of nitrogens with two attached hydrogens (primary N) is 1. The lowest BCUT2D eigenvalue weighted by Gasteiger charge is -2.15. The maximum Gasteiger partial charge on any atom is 0.126 e. The first-order chi connectivity index (χ1) is 9.28. The van der Waals surface area contributed by atoms with Crippen LogP contribution in [-0.2, 0) is 6.54 Å². The van der Waals surface area contributed by atoms with Crippen molar-refractivity contribution in [3.8, 4) is 0 Å². The predicted molar refractivity (Wildman–Crippen MR) is 82.2 cm³/mol. The van der Waals surface area contributed by atoms with Gasteiger partial charge in [-0.1, -0.05) is 44.9 Å². The van der Waals surface area contributed by atoms with E-state index in [1.807, 2.05) is 18.2 Å². The van der Waals surface area contributed by atoms with E-state index < -0.39 is 0 Å². The lowest BCUT2D eigenvalue weighted by molar-refractivity contribution is 0.518. The van der Waals surface area contributed by atoms with Crippen molar-refractivity contribution in [2.45, 2.75) is 33.2 Å². The molecule has 0 radical (unpaired) electrons. The molecule has 1 aromatic heterocycles. The predicted octanol–water partition coefficient (Wildman–Crippen LogP) is 3.54. The highest BCUT2D eigenvalue weighted by molar-refractivity contribution is 5.83. The molecule has 0 saturated heterocycles. The Balaban J connectivity index is 2.24. The fourth-order valence-corrected chi connectivity index (χ4v) is 2.33. The summed E-state index contributed by atoms with van der Waals surface area (Å²) < 4.78 is 0. The number of benzene rings is 1. The van der Waals surface area contributed by atoms with Crippen LogP contribution in [-0.4, -0.2) is 11.5 Å². The third-order valence-corrected chi connectivity index (χ3v) is 3.75. The number of nitrogens with one attached hydrogen (secondary N) is 1. The maximum absolute atomic E-state index is 5.84. The molecule has 1 heterocycles. The van der Waals surface area contributed by atoms with Gasteiger partial charge in [0, 0.05) is 18.5 Å². The molecule has 0 saturated carbocycles. The van der Waals surface area contributed by atoms with Crippen LogP contribution in [0.1, 0.15) is 32.3 Å². The summed E-state index contributed by atoms with van der Waals surface area (Å²) in [5, 5.41) is 4.60. The summed E-state index contributed by atoms with van der Waals surface area (Å²) in [6.07, 6.45) is 2.39. The van der Waals surface area contributed by atoms with Gasteiger partial charge in [-0.3, -0.25) is 0 Å². The monoisotopic (exact) mass is 257 g/mol. The molecule has 0 aliphatic carbocycles. The number of anilines is 1. The normalized spacial score (nSPS) is 11.2. The number of aromatic nitrogens is 1. The highest BCUT2D eigenvalue weighted by Crippen LogP contribution is 2.21. The Morgan fingerprint density at radius 1 is 1.21 bits per heavy atom. The molecule has 0 aliphatic heterocycles. The summed E-state index contributed by atoms with van der Waals surface area (Å²) in [5.41, 5.74) is 8.00. The van der Waals surface area contributed by atoms with Crippen LogP contribution in [0.3, 0.4) is 0 Å². The van der Waals surface area contributed by atoms with Crippen LogP contribution in [0, 0.1) is 5.92 Å². The van der Waals surface area contributed by atoms with Crippen LogP contribution < -0.4 is 11.1 Å². The van der Waals surface area contributed by atoms with Gasteiger partial charge in [0.25, 0.3) is 0 Å². The van der Waals surface area contributed by atoms with Crippen molar-refractivity contribution >= 4 is 16.7 Å². The van der Waals surface area contributed by atoms with Gasteiger partial charge in [0.1, 0.15) is 5.82 Å². The van der Waals surface area contributed by atoms with Crippen LogP contribution in [0.25, 0.3) is 10.9 Å². The summed E-state index contributed by atoms with van der Waals surface area (Å²) >= 11 is 0. The number of hydrogen-bond acceptors (Lipinski definition) is 3. The number of pyridine rings is 1. The number of nitrogens with zero attached hydrogens (tertiary/aromatic N) is 1. The Hall–Kier alpha value is -1.61. The molecular weight excluding hydrogens is 234 g/mol. The SMILES string of the molecule is CCC(CC)CNc1cc(CN)c2ccccc2n1. The molecule has 3 nitrogen and oxygen atoms in total. The molecule has 0 spiro atoms. The van der Waals surface area contributed by atoms with Gasteiger partial charge in [0.05, 0.1) is 5.52 Å². The van der Waals surface area contributed by atoms with E-state index in [4.69, 9.17) is 5.73 Å². The third-order valence-electron chi connectivity index (χ3n) is 3.75. The molecule has 0 aliphatic rings. The van der Waals surface area contributed by atoms with Gasteiger partial charge in [-0.05, 0) is 23.6 Å². The molecule has 0 atom stereocenters. The van der Waals surface area contributed by atoms with Crippen LogP contribution in [0.15, 0.2) is 30.3 Å². The Bertz CT molecular complexity index is 533. The molecule has 3 heteroatoms. The zero-order valence-electron chi connectivity index (χ0n) is 11.8. The topological polar surface area (TPSA) is 50.9 Å². The first kappa shape index (κ1) is 13.8. The standard InChI is InChI=1S/C16H23N3/c1-3-12(4-2)11-18-16-9-13(10-17)14-7-5-6-8-15(14)19-16/h5-9,12H,3-4,10-11,17H2,1-2H3,(H,18,19). The van der Waals surface area contributed by atoms with E-state index in [1.54, 1.807) is 0 Å². The van der Waals surface area contributed by atoms with Gasteiger partial charge in [-0.15, -0.1) is 0 Å². The van der Waals surface area contributed by atoms with Gasteiger partial charge in [-0.25, -0.2) is 4.98 Å². The van der Waals surface area contributed by atoms with Crippen molar-refractivity contribution in [3.05, 3.63) is 35.9 Å². The molecule has 0 unspecified atom stereocenters. The molecule has 0 bridgehead atoms. The molecule has 2 rings (SSSR count). The summed E-state index contributed by atoms with van der Waals surface area (Å²) in [5.74, 6) is 1.64. The highest BCUT2D eigenvalue weighted by atomic mass is 15.0. The molecule has 19 heavy (non-hydrogen) atoms. The number of rotatable bonds is 6. The van der Waals surface area contributed by atoms with Gasteiger partial charge >= 0.3 is 0 Å². The Labute approximate surface area is 115 Å². The van der Waals surface area contributed by atoms with Crippen molar-refractivity contribution in [1.82, 2.24) is 4.98 Å². The van der Waals surface area contributed by atoms with Crippen molar-refractivity contribution < 1.29 is 0 Å². The maximum atomic E-state index is 5.84. The van der Waals surface area contributed by atoms with Crippen LogP contribution in [0.2, 0.25) is 0 Å². The average molecular weight is 257 g/mol. The van der Waals surface area contributed by atoms with E-state index in [9.17, 15) is 0 Å². The van der Waals surface area contributed by atoms with E-state index in [1.165, 1.54) is 12.8 Å². The van der Waals surface area contributed by atoms with Gasteiger partial charge in [0.2, 0.25) is 0 Å². The van der Waals surface area contributed by atoms with E-state index in [-0.39, 0.29) is 0 Å². The molecule has 3 N–H and O–H groups in total. The molecular formula is C16H23N3. The van der Waals surface area contributed by atoms with Crippen molar-refractivity contribution in [2.24, 2.45) is 11.7 Å². The molecule has 2 aromatic rings. The Morgan fingerprint density at radius 2 is 1.95 bits per heavy atom. The molecule has 0 amide bonds. The Kier molecular flexibility index (Phi) is 4.74. The van der Waals surface area contributed by atoms with Gasteiger partial charge in [0.15, 0.2) is 0 Å². The zero-order valence-corrected chi connectivity index (χ0v) is 11.8. The molecule has 0 fully saturated rings. The summed E-state index contributed by atoms with van der Waals surface area (Å²) in [6, 6.07) is 10.2. The molecule has 102 valence electrons. The highest BCUT2D eigenvalue weighted by Gasteiger charge is 2.06. The number of hydrogen-bond donors (Lipinski definition) is 2. The summed E-state index contributed by atoms with van der Waals surface area (Å²) in [6.45, 7) is 5.98. The quantitative estimate of drug-likeness (QED) is 0.832. The average Bonchev–Trinajstić information content (AvgIpc) is 2.47. The lowest BCUT2D eigenvalue weighted by Crippen LogP contribution is -2.14. The Morgan fingerprint density at radius 3 is 2.63 bits per heavy atom. The molecule has 1 aromatic carbocycles. The van der Waals surface area contributed by atoms with Gasteiger partial charge in [-0.2, -0.15) is 0 Å². The fraction of sp³-hybridized carbons (Fsp3) is 0.438. The number of para-hydroxylation sites is 1. The largest absolute Gasteiger partial charge is 0.370 e. The minimum absolute atomic E-state index is 0.544. The van der Waals surface area contributed by atoms with E-state index in [0.29, 0.717) is 12.5 Å². The third kappa shape index (κ3) is 3.24. The second-order valence-electron chi connectivity index (χ2n) is 4.95. The zero-order chi connectivity index (χ0) is 13.7. The first-order valence-corrected chi connectivity index (χ1v) is 7.11. The van der Waals surface area contributed by atoms with Crippen molar-refractivity contribution in [1.29, 1.82) is 0 Å². The van der Waals surface area contributed by atoms with Gasteiger partial charge < -0.3 is 11.1 Å². The second kappa shape index (κ2) is 6.53. The first-order valence-electron chi connectivity index (χ1n) is 7.11. The second-order valence-corrected chi connectivity index (χ2v) is 4.95. The van der Waals surface area contributed by atoms with Crippen molar-refractivity contribution in [2.75, 3.05) is 11.9 Å². The van der Waals surface area contributed by atoms with Crippen LogP contribution in [0.4, 0.5) is 5.82 Å². The van der Waals surface area contributed by atoms with Crippen molar-refractivity contribution in [3.63, 3.8) is 0 Å². The number of fused-ring (bicyclic) bond motifs is 1. The van der Waals surface area contributed by atoms with E-state index >= 15 is 0 Å². The van der Waals surface area contributed by atoms with E-state index in [0.717, 1.165) is 28.8 Å². The summed E-state index contributed by atoms with van der Waals surface area (Å²) in [4.78, 5) is 4.66.